The Morgan fingerprint density at radius 3 is 2.31 bits per heavy atom. The predicted molar refractivity (Wildman–Crippen MR) is 110 cm³/mol. The van der Waals surface area contributed by atoms with Crippen molar-refractivity contribution >= 4 is 29.1 Å². The van der Waals surface area contributed by atoms with E-state index in [1.54, 1.807) is 61.7 Å². The Morgan fingerprint density at radius 2 is 1.66 bits per heavy atom. The molecule has 0 aliphatic carbocycles. The van der Waals surface area contributed by atoms with E-state index in [-0.39, 0.29) is 18.5 Å². The van der Waals surface area contributed by atoms with Crippen molar-refractivity contribution in [3.63, 3.8) is 0 Å². The van der Waals surface area contributed by atoms with Crippen molar-refractivity contribution in [2.24, 2.45) is 0 Å². The molecule has 3 aromatic rings. The first-order valence-electron chi connectivity index (χ1n) is 9.12. The summed E-state index contributed by atoms with van der Waals surface area (Å²) in [6, 6.07) is 19.5. The molecule has 7 nitrogen and oxygen atoms in total. The van der Waals surface area contributed by atoms with E-state index in [0.717, 1.165) is 11.4 Å². The largest absolute Gasteiger partial charge is 0.484 e. The summed E-state index contributed by atoms with van der Waals surface area (Å²) in [4.78, 5) is 27.9. The summed E-state index contributed by atoms with van der Waals surface area (Å²) in [6.45, 7) is 2.01. The fraction of sp³-hybridized carbons (Fsp3) is 0.136. The minimum Gasteiger partial charge on any atom is -0.484 e. The first-order valence-corrected chi connectivity index (χ1v) is 9.12. The second-order valence-corrected chi connectivity index (χ2v) is 6.00. The molecule has 2 N–H and O–H groups in total. The molecular weight excluding hydrogens is 370 g/mol. The maximum Gasteiger partial charge on any atom is 0.338 e. The van der Waals surface area contributed by atoms with Crippen LogP contribution in [0.2, 0.25) is 0 Å². The highest BCUT2D eigenvalue weighted by atomic mass is 16.5. The van der Waals surface area contributed by atoms with E-state index >= 15 is 0 Å². The number of carbonyl (C=O) groups excluding carboxylic acids is 2. The van der Waals surface area contributed by atoms with Gasteiger partial charge in [-0.1, -0.05) is 18.2 Å². The molecule has 0 spiro atoms. The molecule has 2 aromatic carbocycles. The summed E-state index contributed by atoms with van der Waals surface area (Å²) < 4.78 is 10.4. The smallest absolute Gasteiger partial charge is 0.338 e. The average molecular weight is 391 g/mol. The fourth-order valence-electron chi connectivity index (χ4n) is 2.46. The summed E-state index contributed by atoms with van der Waals surface area (Å²) in [6.07, 6.45) is 1.60. The summed E-state index contributed by atoms with van der Waals surface area (Å²) in [5, 5.41) is 5.86. The third kappa shape index (κ3) is 6.07. The molecule has 1 heterocycles. The first-order chi connectivity index (χ1) is 14.1. The maximum atomic E-state index is 12.0. The number of ether oxygens (including phenoxy) is 2. The van der Waals surface area contributed by atoms with E-state index < -0.39 is 0 Å². The number of anilines is 3. The molecule has 0 saturated heterocycles. The van der Waals surface area contributed by atoms with Crippen molar-refractivity contribution in [1.29, 1.82) is 0 Å². The number of pyridine rings is 1. The number of nitrogens with zero attached hydrogens (tertiary/aromatic N) is 1. The Balaban J connectivity index is 1.50. The number of aromatic nitrogens is 1. The molecule has 3 rings (SSSR count). The standard InChI is InChI=1S/C22H21N3O4/c1-2-28-22(27)16-8-10-17(11-9-16)24-18-12-13-20(23-14-18)25-21(26)15-29-19-6-4-3-5-7-19/h3-14,24H,2,15H2,1H3,(H,23,25,26). The number of nitrogens with one attached hydrogen (secondary N) is 2. The van der Waals surface area contributed by atoms with Gasteiger partial charge in [0.25, 0.3) is 5.91 Å². The summed E-state index contributed by atoms with van der Waals surface area (Å²) >= 11 is 0. The summed E-state index contributed by atoms with van der Waals surface area (Å²) in [7, 11) is 0. The zero-order valence-electron chi connectivity index (χ0n) is 15.9. The van der Waals surface area contributed by atoms with Gasteiger partial charge in [0.1, 0.15) is 11.6 Å². The summed E-state index contributed by atoms with van der Waals surface area (Å²) in [5.41, 5.74) is 2.03. The number of rotatable bonds is 8. The van der Waals surface area contributed by atoms with Gasteiger partial charge in [-0.05, 0) is 55.5 Å². The Kier molecular flexibility index (Phi) is 6.78. The quantitative estimate of drug-likeness (QED) is 0.564. The molecule has 0 aliphatic rings. The van der Waals surface area contributed by atoms with Gasteiger partial charge >= 0.3 is 5.97 Å². The number of benzene rings is 2. The molecule has 1 aromatic heterocycles. The lowest BCUT2D eigenvalue weighted by atomic mass is 10.2. The second kappa shape index (κ2) is 9.89. The van der Waals surface area contributed by atoms with Gasteiger partial charge in [-0.25, -0.2) is 9.78 Å². The summed E-state index contributed by atoms with van der Waals surface area (Å²) in [5.74, 6) is 0.410. The molecule has 148 valence electrons. The van der Waals surface area contributed by atoms with Crippen LogP contribution in [0.25, 0.3) is 0 Å². The third-order valence-electron chi connectivity index (χ3n) is 3.83. The zero-order chi connectivity index (χ0) is 20.5. The van der Waals surface area contributed by atoms with Crippen molar-refractivity contribution in [2.75, 3.05) is 23.8 Å². The number of carbonyl (C=O) groups is 2. The number of hydrogen-bond donors (Lipinski definition) is 2. The number of hydrogen-bond acceptors (Lipinski definition) is 6. The molecule has 1 amide bonds. The zero-order valence-corrected chi connectivity index (χ0v) is 15.9. The van der Waals surface area contributed by atoms with Crippen LogP contribution in [0.5, 0.6) is 5.75 Å². The molecule has 0 radical (unpaired) electrons. The molecule has 0 unspecified atom stereocenters. The predicted octanol–water partition coefficient (Wildman–Crippen LogP) is 4.02. The highest BCUT2D eigenvalue weighted by Crippen LogP contribution is 2.18. The van der Waals surface area contributed by atoms with Gasteiger partial charge in [0, 0.05) is 5.69 Å². The van der Waals surface area contributed by atoms with Crippen molar-refractivity contribution in [2.45, 2.75) is 6.92 Å². The van der Waals surface area contributed by atoms with Crippen molar-refractivity contribution < 1.29 is 19.1 Å². The molecule has 0 bridgehead atoms. The highest BCUT2D eigenvalue weighted by Gasteiger charge is 2.07. The SMILES string of the molecule is CCOC(=O)c1ccc(Nc2ccc(NC(=O)COc3ccccc3)nc2)cc1. The van der Waals surface area contributed by atoms with Crippen LogP contribution in [0.3, 0.4) is 0 Å². The van der Waals surface area contributed by atoms with Crippen LogP contribution in [0.15, 0.2) is 72.9 Å². The van der Waals surface area contributed by atoms with Crippen LogP contribution in [0.1, 0.15) is 17.3 Å². The van der Waals surface area contributed by atoms with E-state index in [1.165, 1.54) is 0 Å². The van der Waals surface area contributed by atoms with E-state index in [4.69, 9.17) is 9.47 Å². The van der Waals surface area contributed by atoms with Crippen molar-refractivity contribution in [3.05, 3.63) is 78.5 Å². The van der Waals surface area contributed by atoms with Gasteiger partial charge in [-0.3, -0.25) is 4.79 Å². The maximum absolute atomic E-state index is 12.0. The highest BCUT2D eigenvalue weighted by molar-refractivity contribution is 5.91. The molecule has 29 heavy (non-hydrogen) atoms. The Morgan fingerprint density at radius 1 is 0.931 bits per heavy atom. The van der Waals surface area contributed by atoms with Crippen LogP contribution < -0.4 is 15.4 Å². The van der Waals surface area contributed by atoms with Crippen LogP contribution >= 0.6 is 0 Å². The Labute approximate surface area is 168 Å². The van der Waals surface area contributed by atoms with E-state index in [9.17, 15) is 9.59 Å². The first kappa shape index (κ1) is 19.9. The molecule has 0 atom stereocenters. The normalized spacial score (nSPS) is 10.1. The van der Waals surface area contributed by atoms with E-state index in [1.807, 2.05) is 18.2 Å². The lowest BCUT2D eigenvalue weighted by Crippen LogP contribution is -2.20. The van der Waals surface area contributed by atoms with Gasteiger partial charge in [-0.2, -0.15) is 0 Å². The number of amides is 1. The number of esters is 1. The minimum atomic E-state index is -0.350. The number of para-hydroxylation sites is 1. The fourth-order valence-corrected chi connectivity index (χ4v) is 2.46. The topological polar surface area (TPSA) is 89.6 Å². The van der Waals surface area contributed by atoms with Crippen molar-refractivity contribution in [1.82, 2.24) is 4.98 Å². The third-order valence-corrected chi connectivity index (χ3v) is 3.83. The molecule has 7 heteroatoms. The second-order valence-electron chi connectivity index (χ2n) is 6.00. The lowest BCUT2D eigenvalue weighted by Gasteiger charge is -2.09. The molecule has 0 fully saturated rings. The van der Waals surface area contributed by atoms with Gasteiger partial charge in [0.15, 0.2) is 6.61 Å². The van der Waals surface area contributed by atoms with Crippen LogP contribution in [0.4, 0.5) is 17.2 Å². The average Bonchev–Trinajstić information content (AvgIpc) is 2.75. The van der Waals surface area contributed by atoms with E-state index in [2.05, 4.69) is 15.6 Å². The molecule has 0 saturated carbocycles. The van der Waals surface area contributed by atoms with Crippen LogP contribution in [-0.2, 0) is 9.53 Å². The van der Waals surface area contributed by atoms with Crippen LogP contribution in [-0.4, -0.2) is 30.1 Å². The minimum absolute atomic E-state index is 0.0987. The van der Waals surface area contributed by atoms with Crippen molar-refractivity contribution in [3.8, 4) is 5.75 Å². The van der Waals surface area contributed by atoms with Gasteiger partial charge in [0.05, 0.1) is 24.1 Å². The van der Waals surface area contributed by atoms with E-state index in [0.29, 0.717) is 23.7 Å². The van der Waals surface area contributed by atoms with Gasteiger partial charge in [-0.15, -0.1) is 0 Å². The Hall–Kier alpha value is -3.87. The van der Waals surface area contributed by atoms with Crippen LogP contribution in [0, 0.1) is 0 Å². The molecule has 0 aliphatic heterocycles. The Bertz CT molecular complexity index is 942. The monoisotopic (exact) mass is 391 g/mol. The van der Waals surface area contributed by atoms with Gasteiger partial charge in [0.2, 0.25) is 0 Å². The molecular formula is C22H21N3O4. The van der Waals surface area contributed by atoms with Gasteiger partial charge < -0.3 is 20.1 Å². The lowest BCUT2D eigenvalue weighted by molar-refractivity contribution is -0.118.